The zero-order valence-electron chi connectivity index (χ0n) is 22.4. The van der Waals surface area contributed by atoms with Crippen molar-refractivity contribution in [1.82, 2.24) is 10.2 Å². The first-order valence-corrected chi connectivity index (χ1v) is 14.9. The number of nitrogens with zero attached hydrogens (tertiary/aromatic N) is 2. The molecular formula is C28H30Cl3N3O5S. The van der Waals surface area contributed by atoms with Crippen molar-refractivity contribution >= 4 is 62.3 Å². The number of halogens is 3. The SMILES string of the molecule is CC[C@H](C(=O)NC)N(Cc1ccc(Cl)c(Cl)c1)C(=O)CN(c1cc(Cl)ccc1OC)S(=O)(=O)c1ccc(C)cc1. The highest BCUT2D eigenvalue weighted by atomic mass is 35.5. The first-order valence-electron chi connectivity index (χ1n) is 12.3. The Morgan fingerprint density at radius 1 is 0.975 bits per heavy atom. The smallest absolute Gasteiger partial charge is 0.264 e. The van der Waals surface area contributed by atoms with Crippen molar-refractivity contribution in [3.05, 3.63) is 86.9 Å². The standard InChI is InChI=1S/C28H30Cl3N3O5S/c1-5-24(28(36)32-3)33(16-19-8-12-22(30)23(31)14-19)27(35)17-34(25-15-20(29)9-13-26(25)39-4)40(37,38)21-10-6-18(2)7-11-21/h6-15,24H,5,16-17H2,1-4H3,(H,32,36)/t24-/m1/s1. The van der Waals surface area contributed by atoms with E-state index in [0.29, 0.717) is 10.6 Å². The number of rotatable bonds is 11. The number of amides is 2. The van der Waals surface area contributed by atoms with Crippen LogP contribution in [0.5, 0.6) is 5.75 Å². The Bertz CT molecular complexity index is 1480. The largest absolute Gasteiger partial charge is 0.495 e. The second-order valence-corrected chi connectivity index (χ2v) is 12.1. The minimum Gasteiger partial charge on any atom is -0.495 e. The van der Waals surface area contributed by atoms with E-state index >= 15 is 0 Å². The van der Waals surface area contributed by atoms with Crippen molar-refractivity contribution in [2.75, 3.05) is 25.0 Å². The topological polar surface area (TPSA) is 96.0 Å². The van der Waals surface area contributed by atoms with Gasteiger partial charge in [0.2, 0.25) is 11.8 Å². The number of aryl methyl sites for hydroxylation is 1. The van der Waals surface area contributed by atoms with Gasteiger partial charge in [0.05, 0.1) is 27.7 Å². The van der Waals surface area contributed by atoms with Crippen molar-refractivity contribution < 1.29 is 22.7 Å². The molecule has 0 heterocycles. The van der Waals surface area contributed by atoms with E-state index in [-0.39, 0.29) is 39.3 Å². The number of sulfonamides is 1. The summed E-state index contributed by atoms with van der Waals surface area (Å²) < 4.78 is 34.4. The molecule has 0 aliphatic carbocycles. The van der Waals surface area contributed by atoms with Gasteiger partial charge < -0.3 is 15.0 Å². The molecule has 0 fully saturated rings. The van der Waals surface area contributed by atoms with Crippen molar-refractivity contribution in [2.24, 2.45) is 0 Å². The summed E-state index contributed by atoms with van der Waals surface area (Å²) in [6.07, 6.45) is 0.276. The molecule has 3 aromatic rings. The molecule has 3 rings (SSSR count). The predicted molar refractivity (Wildman–Crippen MR) is 159 cm³/mol. The quantitative estimate of drug-likeness (QED) is 0.294. The zero-order chi connectivity index (χ0) is 29.6. The molecule has 0 spiro atoms. The highest BCUT2D eigenvalue weighted by Gasteiger charge is 2.34. The molecule has 40 heavy (non-hydrogen) atoms. The number of carbonyl (C=O) groups excluding carboxylic acids is 2. The number of ether oxygens (including phenoxy) is 1. The number of carbonyl (C=O) groups is 2. The Hall–Kier alpha value is -2.98. The summed E-state index contributed by atoms with van der Waals surface area (Å²) in [6, 6.07) is 14.7. The Balaban J connectivity index is 2.14. The fourth-order valence-electron chi connectivity index (χ4n) is 4.13. The van der Waals surface area contributed by atoms with Crippen molar-refractivity contribution in [3.63, 3.8) is 0 Å². The summed E-state index contributed by atoms with van der Waals surface area (Å²) in [5.41, 5.74) is 1.55. The van der Waals surface area contributed by atoms with Crippen LogP contribution in [0.25, 0.3) is 0 Å². The van der Waals surface area contributed by atoms with Crippen LogP contribution in [0.2, 0.25) is 15.1 Å². The third kappa shape index (κ3) is 7.20. The highest BCUT2D eigenvalue weighted by molar-refractivity contribution is 7.92. The van der Waals surface area contributed by atoms with Gasteiger partial charge in [0.1, 0.15) is 18.3 Å². The van der Waals surface area contributed by atoms with E-state index in [4.69, 9.17) is 39.5 Å². The molecule has 0 aromatic heterocycles. The van der Waals surface area contributed by atoms with Gasteiger partial charge in [-0.3, -0.25) is 13.9 Å². The average molecular weight is 627 g/mol. The summed E-state index contributed by atoms with van der Waals surface area (Å²) in [5, 5.41) is 3.45. The first kappa shape index (κ1) is 31.5. The molecule has 12 heteroatoms. The van der Waals surface area contributed by atoms with Crippen LogP contribution in [0.15, 0.2) is 65.6 Å². The summed E-state index contributed by atoms with van der Waals surface area (Å²) in [4.78, 5) is 28.2. The van der Waals surface area contributed by atoms with Crippen LogP contribution in [0.3, 0.4) is 0 Å². The van der Waals surface area contributed by atoms with Gasteiger partial charge in [-0.25, -0.2) is 8.42 Å². The number of hydrogen-bond donors (Lipinski definition) is 1. The van der Waals surface area contributed by atoms with E-state index < -0.39 is 34.4 Å². The first-order chi connectivity index (χ1) is 18.9. The Labute approximate surface area is 249 Å². The maximum Gasteiger partial charge on any atom is 0.264 e. The molecule has 0 aliphatic heterocycles. The number of methoxy groups -OCH3 is 1. The van der Waals surface area contributed by atoms with Gasteiger partial charge in [-0.1, -0.05) is 65.5 Å². The molecule has 0 aliphatic rings. The van der Waals surface area contributed by atoms with Gasteiger partial charge in [-0.15, -0.1) is 0 Å². The maximum absolute atomic E-state index is 14.0. The lowest BCUT2D eigenvalue weighted by Crippen LogP contribution is -2.51. The van der Waals surface area contributed by atoms with E-state index in [1.807, 2.05) is 6.92 Å². The molecule has 0 saturated heterocycles. The highest BCUT2D eigenvalue weighted by Crippen LogP contribution is 2.35. The number of anilines is 1. The van der Waals surface area contributed by atoms with Gasteiger partial charge in [-0.2, -0.15) is 0 Å². The molecule has 3 aromatic carbocycles. The van der Waals surface area contributed by atoms with Crippen LogP contribution in [0.1, 0.15) is 24.5 Å². The van der Waals surface area contributed by atoms with E-state index in [0.717, 1.165) is 9.87 Å². The summed E-state index contributed by atoms with van der Waals surface area (Å²) in [7, 11) is -1.42. The van der Waals surface area contributed by atoms with Crippen LogP contribution in [-0.2, 0) is 26.2 Å². The summed E-state index contributed by atoms with van der Waals surface area (Å²) >= 11 is 18.5. The number of benzene rings is 3. The fraction of sp³-hybridized carbons (Fsp3) is 0.286. The molecule has 1 N–H and O–H groups in total. The number of nitrogens with one attached hydrogen (secondary N) is 1. The minimum atomic E-state index is -4.28. The van der Waals surface area contributed by atoms with Crippen molar-refractivity contribution in [3.8, 4) is 5.75 Å². The molecule has 0 saturated carbocycles. The van der Waals surface area contributed by atoms with Crippen LogP contribution in [0, 0.1) is 6.92 Å². The molecule has 8 nitrogen and oxygen atoms in total. The molecule has 2 amide bonds. The van der Waals surface area contributed by atoms with E-state index in [9.17, 15) is 18.0 Å². The van der Waals surface area contributed by atoms with E-state index in [1.54, 1.807) is 43.3 Å². The van der Waals surface area contributed by atoms with Crippen molar-refractivity contribution in [2.45, 2.75) is 37.8 Å². The summed E-state index contributed by atoms with van der Waals surface area (Å²) in [5.74, 6) is -0.828. The molecule has 0 unspecified atom stereocenters. The van der Waals surface area contributed by atoms with Gasteiger partial charge in [-0.05, 0) is 61.4 Å². The Kier molecular flexibility index (Phi) is 10.7. The zero-order valence-corrected chi connectivity index (χ0v) is 25.5. The van der Waals surface area contributed by atoms with E-state index in [2.05, 4.69) is 5.32 Å². The van der Waals surface area contributed by atoms with Crippen LogP contribution >= 0.6 is 34.8 Å². The van der Waals surface area contributed by atoms with Crippen LogP contribution in [0.4, 0.5) is 5.69 Å². The predicted octanol–water partition coefficient (Wildman–Crippen LogP) is 5.71. The molecule has 0 bridgehead atoms. The monoisotopic (exact) mass is 625 g/mol. The Morgan fingerprint density at radius 3 is 2.23 bits per heavy atom. The molecule has 0 radical (unpaired) electrons. The van der Waals surface area contributed by atoms with Gasteiger partial charge in [0.25, 0.3) is 10.0 Å². The second kappa shape index (κ2) is 13.6. The average Bonchev–Trinajstić information content (AvgIpc) is 2.93. The lowest BCUT2D eigenvalue weighted by atomic mass is 10.1. The van der Waals surface area contributed by atoms with Crippen LogP contribution < -0.4 is 14.4 Å². The van der Waals surface area contributed by atoms with E-state index in [1.165, 1.54) is 43.3 Å². The van der Waals surface area contributed by atoms with Gasteiger partial charge in [0.15, 0.2) is 0 Å². The lowest BCUT2D eigenvalue weighted by Gasteiger charge is -2.33. The molecule has 1 atom stereocenters. The minimum absolute atomic E-state index is 0.0211. The normalized spacial score (nSPS) is 12.0. The molecule has 214 valence electrons. The number of hydrogen-bond acceptors (Lipinski definition) is 5. The Morgan fingerprint density at radius 2 is 1.65 bits per heavy atom. The van der Waals surface area contributed by atoms with Crippen LogP contribution in [-0.4, -0.2) is 51.9 Å². The third-order valence-corrected chi connectivity index (χ3v) is 9.01. The molecular weight excluding hydrogens is 597 g/mol. The van der Waals surface area contributed by atoms with Gasteiger partial charge in [0, 0.05) is 18.6 Å². The van der Waals surface area contributed by atoms with Gasteiger partial charge >= 0.3 is 0 Å². The fourth-order valence-corrected chi connectivity index (χ4v) is 6.03. The second-order valence-electron chi connectivity index (χ2n) is 8.95. The third-order valence-electron chi connectivity index (χ3n) is 6.27. The number of likely N-dealkylation sites (N-methyl/N-ethyl adjacent to an activating group) is 1. The maximum atomic E-state index is 14.0. The van der Waals surface area contributed by atoms with Crippen molar-refractivity contribution in [1.29, 1.82) is 0 Å². The lowest BCUT2D eigenvalue weighted by molar-refractivity contribution is -0.140. The summed E-state index contributed by atoms with van der Waals surface area (Å²) in [6.45, 7) is 2.94.